The summed E-state index contributed by atoms with van der Waals surface area (Å²) in [7, 11) is 0. The highest BCUT2D eigenvalue weighted by molar-refractivity contribution is 9.10. The van der Waals surface area contributed by atoms with Crippen molar-refractivity contribution < 1.29 is 9.13 Å². The highest BCUT2D eigenvalue weighted by atomic mass is 79.9. The predicted molar refractivity (Wildman–Crippen MR) is 59.8 cm³/mol. The molecule has 0 fully saturated rings. The molecular weight excluding hydrogens is 270 g/mol. The van der Waals surface area contributed by atoms with Crippen LogP contribution in [0.2, 0.25) is 0 Å². The Morgan fingerprint density at radius 1 is 1.43 bits per heavy atom. The van der Waals surface area contributed by atoms with Crippen LogP contribution in [0.5, 0.6) is 5.75 Å². The Balaban J connectivity index is 2.68. The maximum absolute atomic E-state index is 11.9. The van der Waals surface area contributed by atoms with Gasteiger partial charge in [-0.05, 0) is 30.5 Å². The lowest BCUT2D eigenvalue weighted by Crippen LogP contribution is -1.92. The van der Waals surface area contributed by atoms with Gasteiger partial charge >= 0.3 is 0 Å². The molecule has 0 aromatic heterocycles. The van der Waals surface area contributed by atoms with Gasteiger partial charge in [0, 0.05) is 10.4 Å². The van der Waals surface area contributed by atoms with Crippen LogP contribution < -0.4 is 4.74 Å². The summed E-state index contributed by atoms with van der Waals surface area (Å²) in [6.45, 7) is -0.798. The molecule has 0 aliphatic rings. The molecule has 0 radical (unpaired) electrons. The van der Waals surface area contributed by atoms with Crippen molar-refractivity contribution in [3.8, 4) is 5.75 Å². The summed E-state index contributed by atoms with van der Waals surface area (Å²) in [5.41, 5.74) is 1.16. The first-order chi connectivity index (χ1) is 6.77. The van der Waals surface area contributed by atoms with Crippen LogP contribution in [0.3, 0.4) is 0 Å². The predicted octanol–water partition coefficient (Wildman–Crippen LogP) is 3.93. The molecule has 14 heavy (non-hydrogen) atoms. The Bertz CT molecular complexity index is 293. The SMILES string of the molecule is FCOc1ccc(CCCCl)c(Br)c1. The van der Waals surface area contributed by atoms with E-state index in [1.54, 1.807) is 12.1 Å². The Kier molecular flexibility index (Phi) is 5.26. The molecule has 0 aliphatic heterocycles. The number of aryl methyl sites for hydroxylation is 1. The van der Waals surface area contributed by atoms with Gasteiger partial charge < -0.3 is 4.74 Å². The van der Waals surface area contributed by atoms with Crippen LogP contribution in [0.1, 0.15) is 12.0 Å². The zero-order chi connectivity index (χ0) is 10.4. The van der Waals surface area contributed by atoms with Gasteiger partial charge in [-0.1, -0.05) is 22.0 Å². The second-order valence-corrected chi connectivity index (χ2v) is 4.03. The molecule has 0 spiro atoms. The molecule has 0 heterocycles. The highest BCUT2D eigenvalue weighted by Gasteiger charge is 2.01. The first-order valence-corrected chi connectivity index (χ1v) is 5.64. The van der Waals surface area contributed by atoms with Crippen molar-refractivity contribution in [2.24, 2.45) is 0 Å². The lowest BCUT2D eigenvalue weighted by atomic mass is 10.1. The molecule has 1 nitrogen and oxygen atoms in total. The topological polar surface area (TPSA) is 9.23 Å². The quantitative estimate of drug-likeness (QED) is 0.743. The van der Waals surface area contributed by atoms with Crippen molar-refractivity contribution in [1.82, 2.24) is 0 Å². The summed E-state index contributed by atoms with van der Waals surface area (Å²) in [4.78, 5) is 0. The Hall–Kier alpha value is -0.280. The van der Waals surface area contributed by atoms with Crippen LogP contribution in [-0.2, 0) is 6.42 Å². The molecule has 0 unspecified atom stereocenters. The van der Waals surface area contributed by atoms with E-state index in [1.165, 1.54) is 0 Å². The molecule has 0 saturated carbocycles. The smallest absolute Gasteiger partial charge is 0.228 e. The maximum Gasteiger partial charge on any atom is 0.228 e. The number of hydrogen-bond donors (Lipinski definition) is 0. The number of hydrogen-bond acceptors (Lipinski definition) is 1. The van der Waals surface area contributed by atoms with E-state index in [0.29, 0.717) is 11.6 Å². The van der Waals surface area contributed by atoms with Crippen LogP contribution in [0.15, 0.2) is 22.7 Å². The Morgan fingerprint density at radius 2 is 2.21 bits per heavy atom. The van der Waals surface area contributed by atoms with Crippen molar-refractivity contribution in [3.05, 3.63) is 28.2 Å². The molecule has 0 N–H and O–H groups in total. The van der Waals surface area contributed by atoms with Crippen LogP contribution >= 0.6 is 27.5 Å². The summed E-state index contributed by atoms with van der Waals surface area (Å²) >= 11 is 9.00. The molecule has 1 aromatic carbocycles. The third-order valence-electron chi connectivity index (χ3n) is 1.83. The van der Waals surface area contributed by atoms with E-state index >= 15 is 0 Å². The van der Waals surface area contributed by atoms with Crippen molar-refractivity contribution in [2.45, 2.75) is 12.8 Å². The zero-order valence-electron chi connectivity index (χ0n) is 7.60. The summed E-state index contributed by atoms with van der Waals surface area (Å²) in [6.07, 6.45) is 1.85. The Labute approximate surface area is 96.3 Å². The van der Waals surface area contributed by atoms with E-state index < -0.39 is 6.86 Å². The van der Waals surface area contributed by atoms with Crippen molar-refractivity contribution in [2.75, 3.05) is 12.7 Å². The second-order valence-electron chi connectivity index (χ2n) is 2.80. The fourth-order valence-electron chi connectivity index (χ4n) is 1.14. The van der Waals surface area contributed by atoms with Crippen LogP contribution in [-0.4, -0.2) is 12.7 Å². The van der Waals surface area contributed by atoms with Gasteiger partial charge in [0.15, 0.2) is 0 Å². The summed E-state index contributed by atoms with van der Waals surface area (Å²) < 4.78 is 17.5. The zero-order valence-corrected chi connectivity index (χ0v) is 9.94. The average Bonchev–Trinajstić information content (AvgIpc) is 2.17. The number of ether oxygens (including phenoxy) is 1. The van der Waals surface area contributed by atoms with Gasteiger partial charge in [-0.3, -0.25) is 0 Å². The van der Waals surface area contributed by atoms with Crippen LogP contribution in [0.25, 0.3) is 0 Å². The van der Waals surface area contributed by atoms with Crippen LogP contribution in [0, 0.1) is 0 Å². The van der Waals surface area contributed by atoms with Gasteiger partial charge in [-0.2, -0.15) is 0 Å². The van der Waals surface area contributed by atoms with Crippen molar-refractivity contribution in [3.63, 3.8) is 0 Å². The summed E-state index contributed by atoms with van der Waals surface area (Å²) in [5.74, 6) is 1.18. The molecule has 0 aliphatic carbocycles. The van der Waals surface area contributed by atoms with E-state index in [2.05, 4.69) is 15.9 Å². The molecule has 78 valence electrons. The highest BCUT2D eigenvalue weighted by Crippen LogP contribution is 2.24. The molecule has 1 aromatic rings. The largest absolute Gasteiger partial charge is 0.463 e. The number of halogens is 3. The monoisotopic (exact) mass is 280 g/mol. The van der Waals surface area contributed by atoms with Gasteiger partial charge in [-0.25, -0.2) is 4.39 Å². The summed E-state index contributed by atoms with van der Waals surface area (Å²) in [6, 6.07) is 5.44. The minimum Gasteiger partial charge on any atom is -0.463 e. The van der Waals surface area contributed by atoms with Gasteiger partial charge in [0.05, 0.1) is 0 Å². The minimum atomic E-state index is -0.798. The number of benzene rings is 1. The third-order valence-corrected chi connectivity index (χ3v) is 2.83. The van der Waals surface area contributed by atoms with Gasteiger partial charge in [0.25, 0.3) is 0 Å². The fourth-order valence-corrected chi connectivity index (χ4v) is 1.83. The summed E-state index contributed by atoms with van der Waals surface area (Å²) in [5, 5.41) is 0. The van der Waals surface area contributed by atoms with E-state index in [1.807, 2.05) is 6.07 Å². The molecule has 0 atom stereocenters. The van der Waals surface area contributed by atoms with Gasteiger partial charge in [0.1, 0.15) is 5.75 Å². The first-order valence-electron chi connectivity index (χ1n) is 4.31. The molecule has 1 rings (SSSR count). The van der Waals surface area contributed by atoms with Crippen molar-refractivity contribution in [1.29, 1.82) is 0 Å². The lowest BCUT2D eigenvalue weighted by molar-refractivity contribution is 0.191. The number of alkyl halides is 2. The van der Waals surface area contributed by atoms with Gasteiger partial charge in [-0.15, -0.1) is 11.6 Å². The van der Waals surface area contributed by atoms with E-state index in [0.717, 1.165) is 22.9 Å². The van der Waals surface area contributed by atoms with Crippen LogP contribution in [0.4, 0.5) is 4.39 Å². The lowest BCUT2D eigenvalue weighted by Gasteiger charge is -2.06. The fraction of sp³-hybridized carbons (Fsp3) is 0.400. The van der Waals surface area contributed by atoms with Crippen molar-refractivity contribution >= 4 is 27.5 Å². The first kappa shape index (κ1) is 11.8. The van der Waals surface area contributed by atoms with E-state index in [9.17, 15) is 4.39 Å². The minimum absolute atomic E-state index is 0.536. The molecule has 0 saturated heterocycles. The van der Waals surface area contributed by atoms with Gasteiger partial charge in [0.2, 0.25) is 6.86 Å². The normalized spacial score (nSPS) is 10.2. The maximum atomic E-state index is 11.9. The second kappa shape index (κ2) is 6.25. The Morgan fingerprint density at radius 3 is 2.79 bits per heavy atom. The standard InChI is InChI=1S/C10H11BrClFO/c11-10-6-9(14-7-13)4-3-8(10)2-1-5-12/h3-4,6H,1-2,5,7H2. The molecule has 0 bridgehead atoms. The third kappa shape index (κ3) is 3.46. The van der Waals surface area contributed by atoms with E-state index in [-0.39, 0.29) is 0 Å². The number of rotatable bonds is 5. The molecule has 4 heteroatoms. The van der Waals surface area contributed by atoms with E-state index in [4.69, 9.17) is 16.3 Å². The average molecular weight is 282 g/mol. The molecular formula is C10H11BrClFO. The molecule has 0 amide bonds.